The minimum absolute atomic E-state index is 0.129. The highest BCUT2D eigenvalue weighted by Crippen LogP contribution is 2.38. The van der Waals surface area contributed by atoms with E-state index in [1.807, 2.05) is 52.5 Å². The number of benzene rings is 2. The maximum absolute atomic E-state index is 12.5. The zero-order valence-corrected chi connectivity index (χ0v) is 17.5. The van der Waals surface area contributed by atoms with Crippen LogP contribution in [0.3, 0.4) is 0 Å². The standard InChI is InChI=1S/C22H18ClN3O3S/c23-17-10-14(11-19-21(17)29-8-1-7-28-19)12-20(27)24-16-4-2-15(3-5-16)18-13-26-6-9-30-22(26)25-18/h2-6,9-11,13H,1,7-8,12H2,(H,24,27). The number of thiazole rings is 1. The van der Waals surface area contributed by atoms with Gasteiger partial charge in [0.25, 0.3) is 0 Å². The molecule has 6 nitrogen and oxygen atoms in total. The maximum atomic E-state index is 12.5. The molecule has 0 saturated carbocycles. The number of amides is 1. The summed E-state index contributed by atoms with van der Waals surface area (Å²) in [4.78, 5) is 18.1. The van der Waals surface area contributed by atoms with E-state index in [9.17, 15) is 4.79 Å². The first-order chi connectivity index (χ1) is 14.7. The Balaban J connectivity index is 1.27. The van der Waals surface area contributed by atoms with Crippen molar-refractivity contribution in [1.29, 1.82) is 0 Å². The Labute approximate surface area is 182 Å². The molecule has 0 fully saturated rings. The van der Waals surface area contributed by atoms with Gasteiger partial charge in [0.2, 0.25) is 5.91 Å². The summed E-state index contributed by atoms with van der Waals surface area (Å²) < 4.78 is 13.3. The highest BCUT2D eigenvalue weighted by molar-refractivity contribution is 7.15. The molecule has 0 saturated heterocycles. The van der Waals surface area contributed by atoms with Gasteiger partial charge in [0.1, 0.15) is 0 Å². The fourth-order valence-corrected chi connectivity index (χ4v) is 4.36. The summed E-state index contributed by atoms with van der Waals surface area (Å²) in [6, 6.07) is 11.2. The number of carbonyl (C=O) groups is 1. The van der Waals surface area contributed by atoms with Gasteiger partial charge in [0.15, 0.2) is 16.5 Å². The number of hydrogen-bond donors (Lipinski definition) is 1. The third-order valence-electron chi connectivity index (χ3n) is 4.78. The van der Waals surface area contributed by atoms with Crippen molar-refractivity contribution >= 4 is 39.5 Å². The van der Waals surface area contributed by atoms with Gasteiger partial charge in [-0.2, -0.15) is 0 Å². The minimum atomic E-state index is -0.129. The van der Waals surface area contributed by atoms with Crippen molar-refractivity contribution in [3.63, 3.8) is 0 Å². The van der Waals surface area contributed by atoms with Crippen molar-refractivity contribution in [2.45, 2.75) is 12.8 Å². The van der Waals surface area contributed by atoms with Crippen LogP contribution in [0.25, 0.3) is 16.2 Å². The lowest BCUT2D eigenvalue weighted by Gasteiger charge is -2.12. The van der Waals surface area contributed by atoms with E-state index in [1.165, 1.54) is 0 Å². The first kappa shape index (κ1) is 19.0. The minimum Gasteiger partial charge on any atom is -0.489 e. The molecule has 2 aromatic carbocycles. The summed E-state index contributed by atoms with van der Waals surface area (Å²) >= 11 is 7.91. The first-order valence-electron chi connectivity index (χ1n) is 9.56. The van der Waals surface area contributed by atoms with Crippen LogP contribution in [-0.2, 0) is 11.2 Å². The Morgan fingerprint density at radius 3 is 2.87 bits per heavy atom. The molecule has 2 aromatic heterocycles. The van der Waals surface area contributed by atoms with Crippen molar-refractivity contribution in [2.24, 2.45) is 0 Å². The molecule has 1 aliphatic rings. The molecule has 4 aromatic rings. The molecule has 152 valence electrons. The van der Waals surface area contributed by atoms with E-state index in [0.717, 1.165) is 33.9 Å². The average Bonchev–Trinajstić information content (AvgIpc) is 3.24. The number of carbonyl (C=O) groups excluding carboxylic acids is 1. The molecule has 0 unspecified atom stereocenters. The van der Waals surface area contributed by atoms with Crippen LogP contribution in [0.15, 0.2) is 54.2 Å². The third kappa shape index (κ3) is 3.86. The summed E-state index contributed by atoms with van der Waals surface area (Å²) in [5.74, 6) is 1.01. The van der Waals surface area contributed by atoms with E-state index in [1.54, 1.807) is 17.4 Å². The smallest absolute Gasteiger partial charge is 0.228 e. The second-order valence-corrected chi connectivity index (χ2v) is 8.26. The fraction of sp³-hybridized carbons (Fsp3) is 0.182. The van der Waals surface area contributed by atoms with Crippen LogP contribution in [0.2, 0.25) is 5.02 Å². The second kappa shape index (κ2) is 8.01. The molecule has 3 heterocycles. The van der Waals surface area contributed by atoms with Crippen molar-refractivity contribution in [1.82, 2.24) is 9.38 Å². The van der Waals surface area contributed by atoms with Gasteiger partial charge in [-0.25, -0.2) is 4.98 Å². The van der Waals surface area contributed by atoms with Crippen LogP contribution in [0.5, 0.6) is 11.5 Å². The summed E-state index contributed by atoms with van der Waals surface area (Å²) in [6.45, 7) is 1.14. The lowest BCUT2D eigenvalue weighted by molar-refractivity contribution is -0.115. The maximum Gasteiger partial charge on any atom is 0.228 e. The van der Waals surface area contributed by atoms with Crippen LogP contribution in [0, 0.1) is 0 Å². The van der Waals surface area contributed by atoms with Crippen LogP contribution < -0.4 is 14.8 Å². The van der Waals surface area contributed by atoms with E-state index >= 15 is 0 Å². The SMILES string of the molecule is O=C(Cc1cc(Cl)c2c(c1)OCCCO2)Nc1ccc(-c2cn3ccsc3n2)cc1. The van der Waals surface area contributed by atoms with Gasteiger partial charge in [-0.3, -0.25) is 9.20 Å². The van der Waals surface area contributed by atoms with Crippen molar-refractivity contribution < 1.29 is 14.3 Å². The van der Waals surface area contributed by atoms with Crippen LogP contribution in [-0.4, -0.2) is 28.5 Å². The number of imidazole rings is 1. The molecular weight excluding hydrogens is 422 g/mol. The number of halogens is 1. The number of ether oxygens (including phenoxy) is 2. The Kier molecular flexibility index (Phi) is 5.06. The summed E-state index contributed by atoms with van der Waals surface area (Å²) in [7, 11) is 0. The molecule has 1 amide bonds. The highest BCUT2D eigenvalue weighted by atomic mass is 35.5. The topological polar surface area (TPSA) is 64.9 Å². The van der Waals surface area contributed by atoms with Crippen LogP contribution in [0.4, 0.5) is 5.69 Å². The van der Waals surface area contributed by atoms with E-state index in [2.05, 4.69) is 10.3 Å². The molecular formula is C22H18ClN3O3S. The molecule has 0 radical (unpaired) electrons. The number of nitrogens with one attached hydrogen (secondary N) is 1. The number of aromatic nitrogens is 2. The molecule has 1 N–H and O–H groups in total. The molecule has 0 aliphatic carbocycles. The lowest BCUT2D eigenvalue weighted by Crippen LogP contribution is -2.14. The first-order valence-corrected chi connectivity index (χ1v) is 10.8. The quantitative estimate of drug-likeness (QED) is 0.482. The second-order valence-electron chi connectivity index (χ2n) is 6.98. The molecule has 5 rings (SSSR count). The predicted molar refractivity (Wildman–Crippen MR) is 118 cm³/mol. The van der Waals surface area contributed by atoms with E-state index in [0.29, 0.717) is 29.7 Å². The lowest BCUT2D eigenvalue weighted by atomic mass is 10.1. The van der Waals surface area contributed by atoms with Gasteiger partial charge in [-0.1, -0.05) is 23.7 Å². The van der Waals surface area contributed by atoms with E-state index < -0.39 is 0 Å². The Hall–Kier alpha value is -3.03. The van der Waals surface area contributed by atoms with E-state index in [4.69, 9.17) is 21.1 Å². The zero-order valence-electron chi connectivity index (χ0n) is 15.9. The number of anilines is 1. The van der Waals surface area contributed by atoms with Gasteiger partial charge in [-0.05, 0) is 29.8 Å². The normalized spacial score (nSPS) is 13.2. The molecule has 30 heavy (non-hydrogen) atoms. The molecule has 0 spiro atoms. The van der Waals surface area contributed by atoms with Crippen molar-refractivity contribution in [3.8, 4) is 22.8 Å². The van der Waals surface area contributed by atoms with E-state index in [-0.39, 0.29) is 12.3 Å². The average molecular weight is 440 g/mol. The van der Waals surface area contributed by atoms with Gasteiger partial charge in [0, 0.05) is 35.4 Å². The zero-order chi connectivity index (χ0) is 20.5. The van der Waals surface area contributed by atoms with Gasteiger partial charge >= 0.3 is 0 Å². The molecule has 0 atom stereocenters. The Morgan fingerprint density at radius 1 is 1.20 bits per heavy atom. The summed E-state index contributed by atoms with van der Waals surface area (Å²) in [6.07, 6.45) is 4.97. The highest BCUT2D eigenvalue weighted by Gasteiger charge is 2.17. The Morgan fingerprint density at radius 2 is 2.03 bits per heavy atom. The predicted octanol–water partition coefficient (Wildman–Crippen LogP) is 5.06. The summed E-state index contributed by atoms with van der Waals surface area (Å²) in [5, 5.41) is 5.39. The monoisotopic (exact) mass is 439 g/mol. The van der Waals surface area contributed by atoms with Crippen molar-refractivity contribution in [2.75, 3.05) is 18.5 Å². The number of nitrogens with zero attached hydrogens (tertiary/aromatic N) is 2. The van der Waals surface area contributed by atoms with Gasteiger partial charge in [0.05, 0.1) is 30.4 Å². The molecule has 0 bridgehead atoms. The van der Waals surface area contributed by atoms with Crippen molar-refractivity contribution in [3.05, 3.63) is 64.8 Å². The number of hydrogen-bond acceptors (Lipinski definition) is 5. The molecule has 1 aliphatic heterocycles. The third-order valence-corrected chi connectivity index (χ3v) is 5.84. The van der Waals surface area contributed by atoms with Gasteiger partial charge in [-0.15, -0.1) is 11.3 Å². The fourth-order valence-electron chi connectivity index (χ4n) is 3.37. The number of rotatable bonds is 4. The largest absolute Gasteiger partial charge is 0.489 e. The van der Waals surface area contributed by atoms with Crippen LogP contribution >= 0.6 is 22.9 Å². The Bertz CT molecular complexity index is 1190. The summed E-state index contributed by atoms with van der Waals surface area (Å²) in [5.41, 5.74) is 3.40. The molecule has 8 heteroatoms. The van der Waals surface area contributed by atoms with Gasteiger partial charge < -0.3 is 14.8 Å². The number of fused-ring (bicyclic) bond motifs is 2. The van der Waals surface area contributed by atoms with Crippen LogP contribution in [0.1, 0.15) is 12.0 Å².